The van der Waals surface area contributed by atoms with Gasteiger partial charge in [0.05, 0.1) is 18.3 Å². The number of carbonyl (C=O) groups is 1. The molecule has 0 unspecified atom stereocenters. The van der Waals surface area contributed by atoms with Crippen LogP contribution in [0.1, 0.15) is 46.5 Å². The summed E-state index contributed by atoms with van der Waals surface area (Å²) in [5.74, 6) is 0. The van der Waals surface area contributed by atoms with Gasteiger partial charge in [0.15, 0.2) is 0 Å². The van der Waals surface area contributed by atoms with Gasteiger partial charge in [0.1, 0.15) is 0 Å². The van der Waals surface area contributed by atoms with Crippen LogP contribution in [-0.4, -0.2) is 15.5 Å². The molecule has 0 radical (unpaired) electrons. The van der Waals surface area contributed by atoms with Crippen molar-refractivity contribution >= 4 is 11.7 Å². The van der Waals surface area contributed by atoms with E-state index in [1.54, 1.807) is 0 Å². The van der Waals surface area contributed by atoms with E-state index in [1.165, 1.54) is 5.56 Å². The van der Waals surface area contributed by atoms with Gasteiger partial charge in [0.2, 0.25) is 0 Å². The summed E-state index contributed by atoms with van der Waals surface area (Å²) < 4.78 is 2.22. The number of nitrogens with one attached hydrogen (secondary N) is 1. The second kappa shape index (κ2) is 8.62. The second-order valence-electron chi connectivity index (χ2n) is 8.73. The first kappa shape index (κ1) is 21.1. The van der Waals surface area contributed by atoms with E-state index in [4.69, 9.17) is 0 Å². The Morgan fingerprint density at radius 2 is 1.73 bits per heavy atom. The fourth-order valence-corrected chi connectivity index (χ4v) is 4.70. The third-order valence-corrected chi connectivity index (χ3v) is 6.77. The molecule has 2 amide bonds. The van der Waals surface area contributed by atoms with Crippen LogP contribution < -0.4 is 5.32 Å². The topological polar surface area (TPSA) is 37.3 Å². The van der Waals surface area contributed by atoms with Crippen LogP contribution in [0.2, 0.25) is 0 Å². The van der Waals surface area contributed by atoms with E-state index in [9.17, 15) is 4.79 Å². The quantitative estimate of drug-likeness (QED) is 0.378. The minimum absolute atomic E-state index is 0.0993. The summed E-state index contributed by atoms with van der Waals surface area (Å²) in [5.41, 5.74) is 8.83. The van der Waals surface area contributed by atoms with Gasteiger partial charge in [-0.25, -0.2) is 4.79 Å². The molecule has 1 aliphatic heterocycles. The molecule has 1 N–H and O–H groups in total. The molecule has 166 valence electrons. The largest absolute Gasteiger partial charge is 0.322 e. The molecular formula is C29H29N3O. The lowest BCUT2D eigenvalue weighted by atomic mass is 9.99. The van der Waals surface area contributed by atoms with Crippen LogP contribution in [0, 0.1) is 13.8 Å². The number of fused-ring (bicyclic) bond motifs is 3. The van der Waals surface area contributed by atoms with E-state index in [0.717, 1.165) is 45.7 Å². The van der Waals surface area contributed by atoms with Crippen LogP contribution in [0.5, 0.6) is 0 Å². The van der Waals surface area contributed by atoms with Crippen molar-refractivity contribution in [1.29, 1.82) is 0 Å². The molecule has 0 bridgehead atoms. The first-order valence-electron chi connectivity index (χ1n) is 11.5. The molecule has 0 saturated carbocycles. The molecule has 0 fully saturated rings. The van der Waals surface area contributed by atoms with Gasteiger partial charge in [-0.3, -0.25) is 0 Å². The van der Waals surface area contributed by atoms with Crippen molar-refractivity contribution < 1.29 is 4.79 Å². The number of aryl methyl sites for hydroxylation is 2. The number of rotatable bonds is 3. The normalized spacial score (nSPS) is 14.9. The van der Waals surface area contributed by atoms with Crippen LogP contribution in [0.4, 0.5) is 10.5 Å². The highest BCUT2D eigenvalue weighted by Gasteiger charge is 2.33. The molecule has 0 spiro atoms. The number of carbonyl (C=O) groups excluding carboxylic acids is 1. The molecule has 5 rings (SSSR count). The minimum Gasteiger partial charge on any atom is -0.318 e. The summed E-state index contributed by atoms with van der Waals surface area (Å²) in [7, 11) is 0. The van der Waals surface area contributed by atoms with Gasteiger partial charge >= 0.3 is 6.03 Å². The van der Waals surface area contributed by atoms with Crippen molar-refractivity contribution in [3.05, 3.63) is 119 Å². The maximum atomic E-state index is 13.8. The summed E-state index contributed by atoms with van der Waals surface area (Å²) in [6, 6.07) is 26.9. The molecule has 33 heavy (non-hydrogen) atoms. The van der Waals surface area contributed by atoms with Gasteiger partial charge in [-0.05, 0) is 72.4 Å². The fourth-order valence-electron chi connectivity index (χ4n) is 4.70. The maximum absolute atomic E-state index is 13.8. The zero-order valence-electron chi connectivity index (χ0n) is 19.4. The Morgan fingerprint density at radius 1 is 0.939 bits per heavy atom. The van der Waals surface area contributed by atoms with Gasteiger partial charge in [-0.15, -0.1) is 0 Å². The van der Waals surface area contributed by atoms with Crippen LogP contribution in [0.3, 0.4) is 0 Å². The molecule has 0 saturated heterocycles. The SMILES string of the molecule is CCc1ccc([C@@H]2c3cccn3-c3ccccc3CN2C(=O)Nc2cccc(C)c2C)cc1. The molecule has 2 heterocycles. The van der Waals surface area contributed by atoms with E-state index in [2.05, 4.69) is 97.5 Å². The highest BCUT2D eigenvalue weighted by molar-refractivity contribution is 5.91. The third kappa shape index (κ3) is 3.82. The minimum atomic E-state index is -0.205. The van der Waals surface area contributed by atoms with Crippen molar-refractivity contribution in [3.8, 4) is 5.69 Å². The molecule has 3 aromatic carbocycles. The Balaban J connectivity index is 1.63. The maximum Gasteiger partial charge on any atom is 0.322 e. The number of aromatic nitrogens is 1. The summed E-state index contributed by atoms with van der Waals surface area (Å²) in [4.78, 5) is 15.8. The smallest absolute Gasteiger partial charge is 0.318 e. The highest BCUT2D eigenvalue weighted by Crippen LogP contribution is 2.37. The second-order valence-corrected chi connectivity index (χ2v) is 8.73. The number of hydrogen-bond donors (Lipinski definition) is 1. The first-order valence-corrected chi connectivity index (χ1v) is 11.5. The Bertz CT molecular complexity index is 1300. The van der Waals surface area contributed by atoms with Gasteiger partial charge in [0.25, 0.3) is 0 Å². The van der Waals surface area contributed by atoms with E-state index in [0.29, 0.717) is 6.54 Å². The number of urea groups is 1. The van der Waals surface area contributed by atoms with Crippen LogP contribution in [0.25, 0.3) is 5.69 Å². The van der Waals surface area contributed by atoms with Crippen LogP contribution in [0.15, 0.2) is 85.1 Å². The van der Waals surface area contributed by atoms with Crippen LogP contribution >= 0.6 is 0 Å². The lowest BCUT2D eigenvalue weighted by molar-refractivity contribution is 0.194. The number of amides is 2. The molecule has 4 aromatic rings. The third-order valence-electron chi connectivity index (χ3n) is 6.77. The molecule has 4 nitrogen and oxygen atoms in total. The molecule has 1 aromatic heterocycles. The van der Waals surface area contributed by atoms with E-state index >= 15 is 0 Å². The Hall–Kier alpha value is -3.79. The van der Waals surface area contributed by atoms with Gasteiger partial charge in [-0.2, -0.15) is 0 Å². The predicted octanol–water partition coefficient (Wildman–Crippen LogP) is 6.79. The Morgan fingerprint density at radius 3 is 2.52 bits per heavy atom. The standard InChI is InChI=1S/C29H29N3O/c1-4-22-14-16-23(17-15-22)28-27-13-8-18-31(27)26-12-6-5-10-24(26)19-32(28)29(33)30-25-11-7-9-20(2)21(25)3/h5-18,28H,4,19H2,1-3H3,(H,30,33)/t28-/m1/s1. The zero-order valence-corrected chi connectivity index (χ0v) is 19.4. The number of nitrogens with zero attached hydrogens (tertiary/aromatic N) is 2. The van der Waals surface area contributed by atoms with Gasteiger partial charge in [-0.1, -0.05) is 61.5 Å². The fraction of sp³-hybridized carbons (Fsp3) is 0.207. The summed E-state index contributed by atoms with van der Waals surface area (Å²) >= 11 is 0. The van der Waals surface area contributed by atoms with E-state index in [-0.39, 0.29) is 12.1 Å². The van der Waals surface area contributed by atoms with Crippen LogP contribution in [-0.2, 0) is 13.0 Å². The number of para-hydroxylation sites is 1. The first-order chi connectivity index (χ1) is 16.1. The van der Waals surface area contributed by atoms with Crippen molar-refractivity contribution in [2.24, 2.45) is 0 Å². The zero-order chi connectivity index (χ0) is 22.9. The van der Waals surface area contributed by atoms with Crippen molar-refractivity contribution in [2.45, 2.75) is 39.8 Å². The highest BCUT2D eigenvalue weighted by atomic mass is 16.2. The van der Waals surface area contributed by atoms with Crippen molar-refractivity contribution in [3.63, 3.8) is 0 Å². The number of benzene rings is 3. The Labute approximate surface area is 195 Å². The predicted molar refractivity (Wildman–Crippen MR) is 134 cm³/mol. The van der Waals surface area contributed by atoms with Crippen molar-refractivity contribution in [1.82, 2.24) is 9.47 Å². The molecular weight excluding hydrogens is 406 g/mol. The number of hydrogen-bond acceptors (Lipinski definition) is 1. The average molecular weight is 436 g/mol. The van der Waals surface area contributed by atoms with Gasteiger partial charge < -0.3 is 14.8 Å². The van der Waals surface area contributed by atoms with Gasteiger partial charge in [0, 0.05) is 17.6 Å². The molecule has 1 atom stereocenters. The average Bonchev–Trinajstić information content (AvgIpc) is 3.26. The van der Waals surface area contributed by atoms with E-state index < -0.39 is 0 Å². The molecule has 4 heteroatoms. The summed E-state index contributed by atoms with van der Waals surface area (Å²) in [6.45, 7) is 6.80. The lowest BCUT2D eigenvalue weighted by Gasteiger charge is -2.31. The summed E-state index contributed by atoms with van der Waals surface area (Å²) in [5, 5.41) is 3.20. The van der Waals surface area contributed by atoms with Crippen molar-refractivity contribution in [2.75, 3.05) is 5.32 Å². The molecule has 1 aliphatic rings. The Kier molecular flexibility index (Phi) is 5.51. The molecule has 0 aliphatic carbocycles. The number of anilines is 1. The van der Waals surface area contributed by atoms with E-state index in [1.807, 2.05) is 23.1 Å². The lowest BCUT2D eigenvalue weighted by Crippen LogP contribution is -2.38. The monoisotopic (exact) mass is 435 g/mol. The summed E-state index contributed by atoms with van der Waals surface area (Å²) in [6.07, 6.45) is 3.08.